The van der Waals surface area contributed by atoms with E-state index in [0.717, 1.165) is 6.42 Å². The molecule has 1 atom stereocenters. The van der Waals surface area contributed by atoms with Gasteiger partial charge in [0, 0.05) is 0 Å². The van der Waals surface area contributed by atoms with Crippen LogP contribution in [0.4, 0.5) is 0 Å². The van der Waals surface area contributed by atoms with Gasteiger partial charge in [-0.1, -0.05) is 82.0 Å². The minimum absolute atomic E-state index is 0.210. The zero-order valence-electron chi connectivity index (χ0n) is 20.3. The molecule has 0 fully saturated rings. The molecule has 3 aromatic rings. The number of hydrogen-bond acceptors (Lipinski definition) is 0. The summed E-state index contributed by atoms with van der Waals surface area (Å²) >= 11 is 1.74. The van der Waals surface area contributed by atoms with Crippen molar-refractivity contribution in [2.45, 2.75) is 60.6 Å². The van der Waals surface area contributed by atoms with Crippen molar-refractivity contribution in [1.29, 1.82) is 0 Å². The van der Waals surface area contributed by atoms with Crippen LogP contribution in [0.15, 0.2) is 77.4 Å². The van der Waals surface area contributed by atoms with Crippen molar-refractivity contribution in [3.63, 3.8) is 0 Å². The molecular formula is C29H36SiZr. The van der Waals surface area contributed by atoms with Gasteiger partial charge in [-0.15, -0.1) is 53.1 Å². The van der Waals surface area contributed by atoms with Gasteiger partial charge in [0.05, 0.1) is 0 Å². The molecule has 1 aliphatic rings. The molecule has 0 aromatic heterocycles. The third-order valence-corrected chi connectivity index (χ3v) is 5.70. The van der Waals surface area contributed by atoms with E-state index >= 15 is 0 Å². The molecule has 0 radical (unpaired) electrons. The fourth-order valence-corrected chi connectivity index (χ4v) is 3.86. The molecule has 0 aliphatic heterocycles. The second-order valence-corrected chi connectivity index (χ2v) is 17.9. The summed E-state index contributed by atoms with van der Waals surface area (Å²) in [6.45, 7) is 15.5. The van der Waals surface area contributed by atoms with Gasteiger partial charge < -0.3 is 0 Å². The van der Waals surface area contributed by atoms with E-state index in [4.69, 9.17) is 0 Å². The summed E-state index contributed by atoms with van der Waals surface area (Å²) in [7, 11) is 0. The maximum absolute atomic E-state index is 3.36. The van der Waals surface area contributed by atoms with Gasteiger partial charge in [-0.05, 0) is 6.42 Å². The topological polar surface area (TPSA) is 0 Å². The zero-order chi connectivity index (χ0) is 23.0. The number of aryl methyl sites for hydroxylation is 1. The molecule has 0 bridgehead atoms. The van der Waals surface area contributed by atoms with Gasteiger partial charge in [0.15, 0.2) is 0 Å². The van der Waals surface area contributed by atoms with Crippen LogP contribution in [0.2, 0.25) is 13.1 Å². The van der Waals surface area contributed by atoms with E-state index in [0.29, 0.717) is 5.92 Å². The van der Waals surface area contributed by atoms with Gasteiger partial charge in [0.1, 0.15) is 0 Å². The molecule has 0 saturated heterocycles. The predicted molar refractivity (Wildman–Crippen MR) is 136 cm³/mol. The molecule has 1 unspecified atom stereocenters. The molecule has 31 heavy (non-hydrogen) atoms. The molecule has 0 saturated carbocycles. The average molecular weight is 504 g/mol. The molecule has 0 N–H and O–H groups in total. The summed E-state index contributed by atoms with van der Waals surface area (Å²) in [4.78, 5) is 0. The summed E-state index contributed by atoms with van der Waals surface area (Å²) < 4.78 is 0. The minimum atomic E-state index is 0.210. The van der Waals surface area contributed by atoms with Gasteiger partial charge in [-0.3, -0.25) is 6.08 Å². The Morgan fingerprint density at radius 3 is 2.03 bits per heavy atom. The Labute approximate surface area is 205 Å². The first-order valence-electron chi connectivity index (χ1n) is 11.3. The van der Waals surface area contributed by atoms with Crippen LogP contribution in [0.3, 0.4) is 0 Å². The Hall–Kier alpha value is -1.37. The Morgan fingerprint density at radius 2 is 1.55 bits per heavy atom. The van der Waals surface area contributed by atoms with Crippen molar-refractivity contribution in [1.82, 2.24) is 0 Å². The van der Waals surface area contributed by atoms with Crippen molar-refractivity contribution in [2.24, 2.45) is 5.92 Å². The fraction of sp³-hybridized carbons (Fsp3) is 0.345. The molecular weight excluding hydrogens is 468 g/mol. The first-order valence-corrected chi connectivity index (χ1v) is 17.5. The third kappa shape index (κ3) is 7.33. The van der Waals surface area contributed by atoms with Crippen LogP contribution in [-0.2, 0) is 29.8 Å². The summed E-state index contributed by atoms with van der Waals surface area (Å²) in [5.41, 5.74) is 8.69. The fourth-order valence-electron chi connectivity index (χ4n) is 3.86. The van der Waals surface area contributed by atoms with Crippen LogP contribution in [0.1, 0.15) is 46.6 Å². The Bertz CT molecular complexity index is 1060. The monoisotopic (exact) mass is 502 g/mol. The molecule has 0 spiro atoms. The zero-order valence-corrected chi connectivity index (χ0v) is 23.7. The van der Waals surface area contributed by atoms with E-state index in [9.17, 15) is 0 Å². The van der Waals surface area contributed by atoms with E-state index in [-0.39, 0.29) is 5.43 Å². The molecule has 0 nitrogen and oxygen atoms in total. The molecule has 1 aliphatic carbocycles. The van der Waals surface area contributed by atoms with Gasteiger partial charge >= 0.3 is 41.9 Å². The van der Waals surface area contributed by atoms with Crippen LogP contribution >= 0.6 is 0 Å². The van der Waals surface area contributed by atoms with Crippen molar-refractivity contribution in [3.8, 4) is 11.1 Å². The quantitative estimate of drug-likeness (QED) is 0.248. The average Bonchev–Trinajstić information content (AvgIpc) is 3.21. The van der Waals surface area contributed by atoms with Gasteiger partial charge in [-0.25, -0.2) is 5.57 Å². The number of benzene rings is 2. The summed E-state index contributed by atoms with van der Waals surface area (Å²) in [5, 5.41) is 2.74. The van der Waals surface area contributed by atoms with Gasteiger partial charge in [0.2, 0.25) is 0 Å². The Kier molecular flexibility index (Phi) is 10.5. The number of fused-ring (bicyclic) bond motifs is 1. The second kappa shape index (κ2) is 12.6. The van der Waals surface area contributed by atoms with E-state index in [2.05, 4.69) is 114 Å². The number of rotatable bonds is 3. The van der Waals surface area contributed by atoms with Crippen molar-refractivity contribution in [3.05, 3.63) is 89.0 Å². The molecule has 160 valence electrons. The number of allylic oxidation sites excluding steroid dienone is 4. The van der Waals surface area contributed by atoms with E-state index in [1.807, 2.05) is 0 Å². The molecule has 4 rings (SSSR count). The summed E-state index contributed by atoms with van der Waals surface area (Å²) in [6.07, 6.45) is 5.70. The van der Waals surface area contributed by atoms with Crippen molar-refractivity contribution < 1.29 is 23.3 Å². The van der Waals surface area contributed by atoms with Gasteiger partial charge in [-0.2, -0.15) is 11.1 Å². The summed E-state index contributed by atoms with van der Waals surface area (Å²) in [6, 6.07) is 21.8. The van der Waals surface area contributed by atoms with E-state index in [1.165, 1.54) is 50.6 Å². The maximum atomic E-state index is 3.36. The normalized spacial score (nSPS) is 15.1. The van der Waals surface area contributed by atoms with Crippen LogP contribution in [0, 0.1) is 12.0 Å². The van der Waals surface area contributed by atoms with E-state index in [1.54, 1.807) is 23.3 Å². The van der Waals surface area contributed by atoms with Gasteiger partial charge in [0.25, 0.3) is 0 Å². The standard InChI is InChI=1S/C18H17.C9H13.C2H6Si.Zr/c1-2-8-16-13-15-11-6-7-12-17(15)18(16)14-9-4-3-5-10-14;1-6-5-7(2)9(4)8(6)3;1-3-2;/h3-7,9-13H,2,8H2,1H3;6H,1-4H3;1-2H3;/q2*-1;;+2. The first kappa shape index (κ1) is 25.9. The van der Waals surface area contributed by atoms with Crippen molar-refractivity contribution in [2.75, 3.05) is 0 Å². The van der Waals surface area contributed by atoms with Crippen LogP contribution < -0.4 is 0 Å². The Morgan fingerprint density at radius 1 is 0.968 bits per heavy atom. The predicted octanol–water partition coefficient (Wildman–Crippen LogP) is 8.68. The Balaban J connectivity index is 0.000000220. The first-order chi connectivity index (χ1) is 14.8. The molecule has 0 amide bonds. The van der Waals surface area contributed by atoms with Crippen LogP contribution in [0.5, 0.6) is 0 Å². The van der Waals surface area contributed by atoms with Crippen LogP contribution in [-0.4, -0.2) is 5.43 Å². The summed E-state index contributed by atoms with van der Waals surface area (Å²) in [5.74, 6) is 0.560. The van der Waals surface area contributed by atoms with Crippen LogP contribution in [0.25, 0.3) is 21.9 Å². The number of hydrogen-bond donors (Lipinski definition) is 0. The third-order valence-electron chi connectivity index (χ3n) is 5.70. The second-order valence-electron chi connectivity index (χ2n) is 8.55. The molecule has 0 heterocycles. The molecule has 3 aromatic carbocycles. The van der Waals surface area contributed by atoms with Crippen molar-refractivity contribution >= 4 is 16.2 Å². The SMILES string of the molecule is CC1=[C-]C(C)C(C)=C1C.CCCc1[cH-]c2ccccc2c1-c1ccccc1.C[Si](C)=[Zr+2]. The van der Waals surface area contributed by atoms with E-state index < -0.39 is 0 Å². The molecule has 2 heteroatoms.